The minimum Gasteiger partial charge on any atom is -0.462 e. The highest BCUT2D eigenvalue weighted by atomic mass is 16.5. The van der Waals surface area contributed by atoms with E-state index < -0.39 is 18.5 Å². The maximum atomic E-state index is 12.2. The van der Waals surface area contributed by atoms with Crippen LogP contribution < -0.4 is 0 Å². The van der Waals surface area contributed by atoms with Gasteiger partial charge >= 0.3 is 11.9 Å². The molecule has 0 aliphatic heterocycles. The standard InChI is InChI=1S/C33H56O6/c1-5-6-7-8-27-9-11-28(12-10-27)13-14-29-15-17-30(18-16-29)19-20-31(23-38-32(35)25(2)21-34)24-39-33(36)26(3)22-37-4/h27-31,34H,2-3,5-24H2,1,4H3. The van der Waals surface area contributed by atoms with Crippen molar-refractivity contribution in [2.75, 3.05) is 33.5 Å². The predicted molar refractivity (Wildman–Crippen MR) is 156 cm³/mol. The van der Waals surface area contributed by atoms with E-state index in [0.717, 1.165) is 30.6 Å². The maximum Gasteiger partial charge on any atom is 0.335 e. The molecule has 6 nitrogen and oxygen atoms in total. The third-order valence-electron chi connectivity index (χ3n) is 9.10. The van der Waals surface area contributed by atoms with Crippen LogP contribution in [-0.2, 0) is 23.8 Å². The van der Waals surface area contributed by atoms with E-state index in [2.05, 4.69) is 20.1 Å². The van der Waals surface area contributed by atoms with Gasteiger partial charge in [-0.1, -0.05) is 110 Å². The van der Waals surface area contributed by atoms with E-state index in [0.29, 0.717) is 5.92 Å². The topological polar surface area (TPSA) is 82.1 Å². The Hall–Kier alpha value is -1.66. The lowest BCUT2D eigenvalue weighted by atomic mass is 9.74. The summed E-state index contributed by atoms with van der Waals surface area (Å²) in [5, 5.41) is 9.12. The zero-order chi connectivity index (χ0) is 28.5. The van der Waals surface area contributed by atoms with Gasteiger partial charge in [0.2, 0.25) is 0 Å². The number of hydrogen-bond donors (Lipinski definition) is 1. The molecule has 1 N–H and O–H groups in total. The second-order valence-corrected chi connectivity index (χ2v) is 12.3. The lowest BCUT2D eigenvalue weighted by Gasteiger charge is -2.32. The van der Waals surface area contributed by atoms with Gasteiger partial charge in [-0.3, -0.25) is 0 Å². The Morgan fingerprint density at radius 2 is 1.21 bits per heavy atom. The van der Waals surface area contributed by atoms with Crippen LogP contribution in [0.5, 0.6) is 0 Å². The number of methoxy groups -OCH3 is 1. The molecule has 0 aromatic heterocycles. The molecule has 2 aliphatic carbocycles. The van der Waals surface area contributed by atoms with Crippen molar-refractivity contribution in [3.05, 3.63) is 24.3 Å². The number of ether oxygens (including phenoxy) is 3. The average Bonchev–Trinajstić information content (AvgIpc) is 2.96. The number of hydrogen-bond acceptors (Lipinski definition) is 6. The molecule has 0 aromatic rings. The van der Waals surface area contributed by atoms with Gasteiger partial charge in [0, 0.05) is 13.0 Å². The Bertz CT molecular complexity index is 730. The molecule has 1 unspecified atom stereocenters. The normalized spacial score (nSPS) is 24.1. The van der Waals surface area contributed by atoms with E-state index in [1.54, 1.807) is 0 Å². The van der Waals surface area contributed by atoms with Gasteiger partial charge < -0.3 is 19.3 Å². The molecule has 0 aromatic carbocycles. The molecule has 2 saturated carbocycles. The fourth-order valence-corrected chi connectivity index (χ4v) is 6.35. The van der Waals surface area contributed by atoms with Crippen molar-refractivity contribution in [3.8, 4) is 0 Å². The minimum absolute atomic E-state index is 0.0255. The molecular formula is C33H56O6. The summed E-state index contributed by atoms with van der Waals surface area (Å²) in [4.78, 5) is 24.1. The third kappa shape index (κ3) is 13.5. The van der Waals surface area contributed by atoms with Crippen molar-refractivity contribution in [1.82, 2.24) is 0 Å². The van der Waals surface area contributed by atoms with Crippen LogP contribution in [0, 0.1) is 29.6 Å². The van der Waals surface area contributed by atoms with Crippen LogP contribution in [-0.4, -0.2) is 50.6 Å². The number of unbranched alkanes of at least 4 members (excludes halogenated alkanes) is 2. The first-order valence-electron chi connectivity index (χ1n) is 15.7. The summed E-state index contributed by atoms with van der Waals surface area (Å²) < 4.78 is 15.7. The fourth-order valence-electron chi connectivity index (χ4n) is 6.35. The zero-order valence-electron chi connectivity index (χ0n) is 24.9. The van der Waals surface area contributed by atoms with Gasteiger partial charge in [-0.2, -0.15) is 0 Å². The van der Waals surface area contributed by atoms with Gasteiger partial charge in [-0.05, 0) is 36.5 Å². The highest BCUT2D eigenvalue weighted by Gasteiger charge is 2.26. The summed E-state index contributed by atoms with van der Waals surface area (Å²) in [5.41, 5.74) is 0.290. The first-order chi connectivity index (χ1) is 18.9. The Balaban J connectivity index is 1.69. The summed E-state index contributed by atoms with van der Waals surface area (Å²) >= 11 is 0. The Kier molecular flexibility index (Phi) is 16.7. The number of aliphatic hydroxyl groups is 1. The first-order valence-corrected chi connectivity index (χ1v) is 15.7. The summed E-state index contributed by atoms with van der Waals surface area (Å²) in [6.07, 6.45) is 21.3. The van der Waals surface area contributed by atoms with Crippen molar-refractivity contribution in [3.63, 3.8) is 0 Å². The van der Waals surface area contributed by atoms with Gasteiger partial charge in [0.05, 0.1) is 37.6 Å². The van der Waals surface area contributed by atoms with Gasteiger partial charge in [0.1, 0.15) is 0 Å². The molecule has 224 valence electrons. The molecule has 2 aliphatic rings. The molecular weight excluding hydrogens is 492 g/mol. The second kappa shape index (κ2) is 19.4. The first kappa shape index (κ1) is 33.5. The molecule has 0 bridgehead atoms. The predicted octanol–water partition coefficient (Wildman–Crippen LogP) is 7.19. The number of aliphatic hydroxyl groups excluding tert-OH is 1. The van der Waals surface area contributed by atoms with Gasteiger partial charge in [0.25, 0.3) is 0 Å². The molecule has 2 rings (SSSR count). The molecule has 39 heavy (non-hydrogen) atoms. The largest absolute Gasteiger partial charge is 0.462 e. The lowest BCUT2D eigenvalue weighted by molar-refractivity contribution is -0.145. The van der Waals surface area contributed by atoms with Crippen LogP contribution in [0.15, 0.2) is 24.3 Å². The van der Waals surface area contributed by atoms with Crippen LogP contribution in [0.4, 0.5) is 0 Å². The maximum absolute atomic E-state index is 12.2. The third-order valence-corrected chi connectivity index (χ3v) is 9.10. The molecule has 6 heteroatoms. The Labute approximate surface area is 237 Å². The van der Waals surface area contributed by atoms with Crippen molar-refractivity contribution < 1.29 is 28.9 Å². The van der Waals surface area contributed by atoms with Gasteiger partial charge in [-0.15, -0.1) is 0 Å². The number of carbonyl (C=O) groups is 2. The Morgan fingerprint density at radius 1 is 0.744 bits per heavy atom. The summed E-state index contributed by atoms with van der Waals surface area (Å²) in [7, 11) is 1.50. The highest BCUT2D eigenvalue weighted by molar-refractivity contribution is 5.88. The molecule has 1 atom stereocenters. The number of esters is 2. The monoisotopic (exact) mass is 548 g/mol. The summed E-state index contributed by atoms with van der Waals surface area (Å²) in [5.74, 6) is 2.30. The van der Waals surface area contributed by atoms with Crippen molar-refractivity contribution in [2.24, 2.45) is 29.6 Å². The molecule has 0 spiro atoms. The van der Waals surface area contributed by atoms with Crippen LogP contribution in [0.1, 0.15) is 110 Å². The molecule has 0 heterocycles. The van der Waals surface area contributed by atoms with E-state index in [1.165, 1.54) is 97.0 Å². The summed E-state index contributed by atoms with van der Waals surface area (Å²) in [6, 6.07) is 0. The van der Waals surface area contributed by atoms with Crippen molar-refractivity contribution in [1.29, 1.82) is 0 Å². The van der Waals surface area contributed by atoms with Crippen LogP contribution in [0.25, 0.3) is 0 Å². The molecule has 0 saturated heterocycles. The van der Waals surface area contributed by atoms with Crippen LogP contribution in [0.3, 0.4) is 0 Å². The molecule has 0 radical (unpaired) electrons. The SMILES string of the molecule is C=C(CO)C(=O)OCC(CCC1CCC(CCC2CCC(CCCCC)CC2)CC1)COC(=O)C(=C)COC. The van der Waals surface area contributed by atoms with Crippen LogP contribution >= 0.6 is 0 Å². The van der Waals surface area contributed by atoms with Gasteiger partial charge in [0.15, 0.2) is 0 Å². The lowest BCUT2D eigenvalue weighted by Crippen LogP contribution is -2.24. The number of rotatable bonds is 19. The average molecular weight is 549 g/mol. The molecule has 2 fully saturated rings. The van der Waals surface area contributed by atoms with Gasteiger partial charge in [-0.25, -0.2) is 9.59 Å². The van der Waals surface area contributed by atoms with E-state index in [1.807, 2.05) is 0 Å². The number of carbonyl (C=O) groups excluding carboxylic acids is 2. The second-order valence-electron chi connectivity index (χ2n) is 12.3. The van der Waals surface area contributed by atoms with Crippen LogP contribution in [0.2, 0.25) is 0 Å². The van der Waals surface area contributed by atoms with E-state index in [-0.39, 0.29) is 36.9 Å². The Morgan fingerprint density at radius 3 is 1.67 bits per heavy atom. The van der Waals surface area contributed by atoms with Crippen molar-refractivity contribution in [2.45, 2.75) is 110 Å². The van der Waals surface area contributed by atoms with E-state index in [9.17, 15) is 9.59 Å². The fraction of sp³-hybridized carbons (Fsp3) is 0.818. The summed E-state index contributed by atoms with van der Waals surface area (Å²) in [6.45, 7) is 9.50. The van der Waals surface area contributed by atoms with E-state index >= 15 is 0 Å². The highest BCUT2D eigenvalue weighted by Crippen LogP contribution is 2.39. The minimum atomic E-state index is -0.608. The zero-order valence-corrected chi connectivity index (χ0v) is 24.9. The molecule has 0 amide bonds. The quantitative estimate of drug-likeness (QED) is 0.104. The van der Waals surface area contributed by atoms with E-state index in [4.69, 9.17) is 19.3 Å². The smallest absolute Gasteiger partial charge is 0.335 e. The van der Waals surface area contributed by atoms with Crippen molar-refractivity contribution >= 4 is 11.9 Å².